The zero-order valence-corrected chi connectivity index (χ0v) is 16.6. The molecule has 8 nitrogen and oxygen atoms in total. The number of para-hydroxylation sites is 1. The maximum Gasteiger partial charge on any atom is 0.337 e. The van der Waals surface area contributed by atoms with E-state index in [1.54, 1.807) is 36.1 Å². The third-order valence-corrected chi connectivity index (χ3v) is 5.54. The highest BCUT2D eigenvalue weighted by atomic mass is 16.5. The van der Waals surface area contributed by atoms with E-state index in [4.69, 9.17) is 4.74 Å². The van der Waals surface area contributed by atoms with Crippen molar-refractivity contribution >= 4 is 29.4 Å². The number of hydrogen-bond donors (Lipinski definition) is 0. The number of carbonyl (C=O) groups is 4. The monoisotopic (exact) mass is 408 g/mol. The topological polar surface area (TPSA) is 93.2 Å². The Balaban J connectivity index is 1.56. The molecule has 2 heterocycles. The van der Waals surface area contributed by atoms with Crippen LogP contribution in [0.25, 0.3) is 0 Å². The Kier molecular flexibility index (Phi) is 4.77. The van der Waals surface area contributed by atoms with Crippen LogP contribution in [-0.4, -0.2) is 48.0 Å². The largest absolute Gasteiger partial charge is 0.465 e. The van der Waals surface area contributed by atoms with E-state index in [-0.39, 0.29) is 24.1 Å². The van der Waals surface area contributed by atoms with Gasteiger partial charge in [-0.05, 0) is 49.7 Å². The van der Waals surface area contributed by atoms with Crippen molar-refractivity contribution in [3.05, 3.63) is 59.7 Å². The predicted octanol–water partition coefficient (Wildman–Crippen LogP) is 2.38. The standard InChI is InChI=1S/C22H20N2O6/c1-22-12-11-18(25)24(22)17-6-4-3-5-16(17)20(27)23(22)13-19(26)30-15-9-7-14(8-10-15)21(28)29-2/h3-10H,11-13H2,1-2H3. The molecule has 2 aliphatic rings. The van der Waals surface area contributed by atoms with E-state index in [9.17, 15) is 19.2 Å². The molecule has 0 saturated carbocycles. The molecule has 0 aromatic heterocycles. The van der Waals surface area contributed by atoms with Crippen LogP contribution in [0.2, 0.25) is 0 Å². The van der Waals surface area contributed by atoms with Gasteiger partial charge >= 0.3 is 11.9 Å². The van der Waals surface area contributed by atoms with Crippen LogP contribution in [-0.2, 0) is 14.3 Å². The maximum absolute atomic E-state index is 13.1. The maximum atomic E-state index is 13.1. The lowest BCUT2D eigenvalue weighted by molar-refractivity contribution is -0.136. The summed E-state index contributed by atoms with van der Waals surface area (Å²) in [5, 5.41) is 0. The molecule has 2 aromatic rings. The normalized spacial score (nSPS) is 19.9. The second-order valence-electron chi connectivity index (χ2n) is 7.34. The summed E-state index contributed by atoms with van der Waals surface area (Å²) in [7, 11) is 1.28. The van der Waals surface area contributed by atoms with Gasteiger partial charge in [0.1, 0.15) is 18.0 Å². The molecule has 1 saturated heterocycles. The van der Waals surface area contributed by atoms with Crippen molar-refractivity contribution in [1.82, 2.24) is 4.90 Å². The molecule has 0 bridgehead atoms. The molecule has 154 valence electrons. The lowest BCUT2D eigenvalue weighted by Crippen LogP contribution is -2.63. The third-order valence-electron chi connectivity index (χ3n) is 5.54. The fraction of sp³-hybridized carbons (Fsp3) is 0.273. The van der Waals surface area contributed by atoms with E-state index < -0.39 is 17.6 Å². The zero-order valence-electron chi connectivity index (χ0n) is 16.6. The molecule has 0 radical (unpaired) electrons. The smallest absolute Gasteiger partial charge is 0.337 e. The summed E-state index contributed by atoms with van der Waals surface area (Å²) in [5.74, 6) is -1.31. The van der Waals surface area contributed by atoms with Gasteiger partial charge in [-0.2, -0.15) is 0 Å². The summed E-state index contributed by atoms with van der Waals surface area (Å²) >= 11 is 0. The molecule has 2 aliphatic heterocycles. The van der Waals surface area contributed by atoms with E-state index in [1.165, 1.54) is 36.3 Å². The molecule has 1 fully saturated rings. The molecule has 0 N–H and O–H groups in total. The Bertz CT molecular complexity index is 1050. The number of fused-ring (bicyclic) bond motifs is 3. The van der Waals surface area contributed by atoms with Crippen molar-refractivity contribution in [2.45, 2.75) is 25.4 Å². The zero-order chi connectivity index (χ0) is 21.5. The van der Waals surface area contributed by atoms with Gasteiger partial charge in [-0.25, -0.2) is 9.59 Å². The summed E-state index contributed by atoms with van der Waals surface area (Å²) in [6, 6.07) is 12.8. The lowest BCUT2D eigenvalue weighted by atomic mass is 9.98. The predicted molar refractivity (Wildman–Crippen MR) is 106 cm³/mol. The lowest BCUT2D eigenvalue weighted by Gasteiger charge is -2.48. The van der Waals surface area contributed by atoms with Crippen molar-refractivity contribution in [2.24, 2.45) is 0 Å². The van der Waals surface area contributed by atoms with Gasteiger partial charge in [0.25, 0.3) is 5.91 Å². The van der Waals surface area contributed by atoms with Crippen LogP contribution < -0.4 is 9.64 Å². The van der Waals surface area contributed by atoms with E-state index >= 15 is 0 Å². The molecule has 1 atom stereocenters. The molecule has 8 heteroatoms. The highest BCUT2D eigenvalue weighted by Crippen LogP contribution is 2.43. The summed E-state index contributed by atoms with van der Waals surface area (Å²) in [5.41, 5.74) is 0.333. The molecule has 4 rings (SSSR count). The summed E-state index contributed by atoms with van der Waals surface area (Å²) in [6.45, 7) is 1.47. The van der Waals surface area contributed by atoms with E-state index in [1.807, 2.05) is 0 Å². The minimum Gasteiger partial charge on any atom is -0.465 e. The first kappa shape index (κ1) is 19.6. The number of hydrogen-bond acceptors (Lipinski definition) is 6. The Morgan fingerprint density at radius 2 is 1.77 bits per heavy atom. The first-order chi connectivity index (χ1) is 14.3. The summed E-state index contributed by atoms with van der Waals surface area (Å²) in [6.07, 6.45) is 0.714. The quantitative estimate of drug-likeness (QED) is 0.570. The minimum atomic E-state index is -0.934. The van der Waals surface area contributed by atoms with Crippen molar-refractivity contribution in [1.29, 1.82) is 0 Å². The van der Waals surface area contributed by atoms with Gasteiger partial charge in [0.05, 0.1) is 23.9 Å². The number of methoxy groups -OCH3 is 1. The van der Waals surface area contributed by atoms with Crippen molar-refractivity contribution in [3.8, 4) is 5.75 Å². The molecule has 1 unspecified atom stereocenters. The number of benzene rings is 2. The van der Waals surface area contributed by atoms with Crippen LogP contribution in [0.1, 0.15) is 40.5 Å². The van der Waals surface area contributed by atoms with Crippen LogP contribution in [0.5, 0.6) is 5.75 Å². The first-order valence-corrected chi connectivity index (χ1v) is 9.48. The average Bonchev–Trinajstić information content (AvgIpc) is 3.06. The van der Waals surface area contributed by atoms with Crippen LogP contribution in [0.4, 0.5) is 5.69 Å². The van der Waals surface area contributed by atoms with Crippen LogP contribution in [0.15, 0.2) is 48.5 Å². The molecule has 2 aromatic carbocycles. The van der Waals surface area contributed by atoms with E-state index in [2.05, 4.69) is 4.74 Å². The fourth-order valence-electron chi connectivity index (χ4n) is 4.01. The van der Waals surface area contributed by atoms with E-state index in [0.717, 1.165) is 0 Å². The Morgan fingerprint density at radius 1 is 1.07 bits per heavy atom. The highest BCUT2D eigenvalue weighted by molar-refractivity contribution is 6.10. The fourth-order valence-corrected chi connectivity index (χ4v) is 4.01. The number of ether oxygens (including phenoxy) is 2. The molecule has 30 heavy (non-hydrogen) atoms. The average molecular weight is 408 g/mol. The molecule has 0 spiro atoms. The number of anilines is 1. The molecule has 0 aliphatic carbocycles. The Morgan fingerprint density at radius 3 is 2.47 bits per heavy atom. The van der Waals surface area contributed by atoms with Gasteiger partial charge in [0, 0.05) is 6.42 Å². The Labute approximate surface area is 173 Å². The van der Waals surface area contributed by atoms with Gasteiger partial charge < -0.3 is 14.4 Å². The molecule has 2 amide bonds. The number of nitrogens with zero attached hydrogens (tertiary/aromatic N) is 2. The number of amides is 2. The summed E-state index contributed by atoms with van der Waals surface area (Å²) < 4.78 is 9.99. The molecular weight excluding hydrogens is 388 g/mol. The van der Waals surface area contributed by atoms with Crippen molar-refractivity contribution in [2.75, 3.05) is 18.6 Å². The van der Waals surface area contributed by atoms with Crippen molar-refractivity contribution in [3.63, 3.8) is 0 Å². The number of rotatable bonds is 4. The number of carbonyl (C=O) groups excluding carboxylic acids is 4. The van der Waals surface area contributed by atoms with Crippen LogP contribution >= 0.6 is 0 Å². The van der Waals surface area contributed by atoms with Gasteiger partial charge in [0.2, 0.25) is 5.91 Å². The van der Waals surface area contributed by atoms with Gasteiger partial charge in [-0.1, -0.05) is 12.1 Å². The first-order valence-electron chi connectivity index (χ1n) is 9.48. The van der Waals surface area contributed by atoms with Gasteiger partial charge in [-0.3, -0.25) is 14.5 Å². The molecular formula is C22H20N2O6. The van der Waals surface area contributed by atoms with Crippen LogP contribution in [0.3, 0.4) is 0 Å². The van der Waals surface area contributed by atoms with Crippen LogP contribution in [0, 0.1) is 0 Å². The number of esters is 2. The second kappa shape index (κ2) is 7.29. The Hall–Kier alpha value is -3.68. The minimum absolute atomic E-state index is 0.0887. The van der Waals surface area contributed by atoms with Gasteiger partial charge in [-0.15, -0.1) is 0 Å². The second-order valence-corrected chi connectivity index (χ2v) is 7.34. The third kappa shape index (κ3) is 3.10. The van der Waals surface area contributed by atoms with Crippen molar-refractivity contribution < 1.29 is 28.7 Å². The van der Waals surface area contributed by atoms with Gasteiger partial charge in [0.15, 0.2) is 0 Å². The SMILES string of the molecule is COC(=O)c1ccc(OC(=O)CN2C(=O)c3ccccc3N3C(=O)CCC23C)cc1. The highest BCUT2D eigenvalue weighted by Gasteiger charge is 2.53. The van der Waals surface area contributed by atoms with E-state index in [0.29, 0.717) is 29.7 Å². The summed E-state index contributed by atoms with van der Waals surface area (Å²) in [4.78, 5) is 52.8.